The Bertz CT molecular complexity index is 1200. The molecule has 0 amide bonds. The Kier molecular flexibility index (Phi) is 6.91. The van der Waals surface area contributed by atoms with E-state index in [1.807, 2.05) is 24.3 Å². The van der Waals surface area contributed by atoms with Crippen LogP contribution in [0.5, 0.6) is 5.75 Å². The third-order valence-electron chi connectivity index (χ3n) is 4.57. The van der Waals surface area contributed by atoms with Gasteiger partial charge in [-0.15, -0.1) is 0 Å². The molecule has 0 spiro atoms. The molecule has 5 nitrogen and oxygen atoms in total. The zero-order valence-corrected chi connectivity index (χ0v) is 19.1. The SMILES string of the molecule is CCCCOc1cc(S(C)(=O)=O)cc(-c2ccc(Br)cc2)c1-c1cncc(C#N)c1. The highest BCUT2D eigenvalue weighted by molar-refractivity contribution is 9.10. The number of hydrogen-bond donors (Lipinski definition) is 0. The van der Waals surface area contributed by atoms with Crippen LogP contribution in [0.3, 0.4) is 0 Å². The molecule has 0 fully saturated rings. The van der Waals surface area contributed by atoms with E-state index >= 15 is 0 Å². The van der Waals surface area contributed by atoms with Gasteiger partial charge in [-0.05, 0) is 47.9 Å². The van der Waals surface area contributed by atoms with Crippen LogP contribution in [0, 0.1) is 11.3 Å². The predicted molar refractivity (Wildman–Crippen MR) is 121 cm³/mol. The summed E-state index contributed by atoms with van der Waals surface area (Å²) in [5.41, 5.74) is 3.36. The molecular formula is C23H21BrN2O3S. The molecule has 0 bridgehead atoms. The van der Waals surface area contributed by atoms with Crippen molar-refractivity contribution in [3.8, 4) is 34.1 Å². The molecule has 0 aliphatic rings. The lowest BCUT2D eigenvalue weighted by atomic mass is 9.94. The van der Waals surface area contributed by atoms with Crippen molar-refractivity contribution in [2.24, 2.45) is 0 Å². The smallest absolute Gasteiger partial charge is 0.175 e. The molecule has 1 heterocycles. The van der Waals surface area contributed by atoms with Gasteiger partial charge in [0, 0.05) is 34.2 Å². The fourth-order valence-corrected chi connectivity index (χ4v) is 3.95. The highest BCUT2D eigenvalue weighted by Crippen LogP contribution is 2.42. The summed E-state index contributed by atoms with van der Waals surface area (Å²) in [7, 11) is -3.46. The average Bonchev–Trinajstić information content (AvgIpc) is 2.73. The lowest BCUT2D eigenvalue weighted by Gasteiger charge is -2.18. The van der Waals surface area contributed by atoms with Crippen molar-refractivity contribution in [1.82, 2.24) is 4.98 Å². The van der Waals surface area contributed by atoms with Gasteiger partial charge in [-0.2, -0.15) is 5.26 Å². The number of sulfone groups is 1. The fraction of sp³-hybridized carbons (Fsp3) is 0.217. The standard InChI is InChI=1S/C23H21BrN2O3S/c1-3-4-9-29-22-12-20(30(2,27)28)11-21(17-5-7-19(24)8-6-17)23(22)18-10-16(13-25)14-26-15-18/h5-8,10-12,14-15H,3-4,9H2,1-2H3. The van der Waals surface area contributed by atoms with Crippen LogP contribution in [0.15, 0.2) is 64.2 Å². The van der Waals surface area contributed by atoms with E-state index in [1.54, 1.807) is 24.4 Å². The lowest BCUT2D eigenvalue weighted by Crippen LogP contribution is -2.04. The van der Waals surface area contributed by atoms with E-state index in [1.165, 1.54) is 12.5 Å². The molecule has 3 rings (SSSR count). The van der Waals surface area contributed by atoms with Gasteiger partial charge in [0.1, 0.15) is 11.8 Å². The monoisotopic (exact) mass is 484 g/mol. The minimum absolute atomic E-state index is 0.181. The molecule has 0 radical (unpaired) electrons. The Morgan fingerprint density at radius 1 is 1.10 bits per heavy atom. The van der Waals surface area contributed by atoms with Crippen molar-refractivity contribution >= 4 is 25.8 Å². The molecule has 7 heteroatoms. The molecule has 0 aliphatic heterocycles. The minimum Gasteiger partial charge on any atom is -0.493 e. The number of nitriles is 1. The van der Waals surface area contributed by atoms with Gasteiger partial charge in [0.05, 0.1) is 17.1 Å². The predicted octanol–water partition coefficient (Wildman–Crippen LogP) is 5.63. The number of pyridine rings is 1. The topological polar surface area (TPSA) is 80.1 Å². The second-order valence-corrected chi connectivity index (χ2v) is 9.83. The van der Waals surface area contributed by atoms with Gasteiger partial charge >= 0.3 is 0 Å². The van der Waals surface area contributed by atoms with E-state index in [4.69, 9.17) is 4.74 Å². The summed E-state index contributed by atoms with van der Waals surface area (Å²) in [5, 5.41) is 9.31. The van der Waals surface area contributed by atoms with Crippen molar-refractivity contribution in [1.29, 1.82) is 5.26 Å². The van der Waals surface area contributed by atoms with Gasteiger partial charge in [-0.3, -0.25) is 4.98 Å². The Hall–Kier alpha value is -2.69. The van der Waals surface area contributed by atoms with E-state index in [2.05, 4.69) is 33.9 Å². The first-order chi connectivity index (χ1) is 14.3. The molecule has 2 aromatic carbocycles. The van der Waals surface area contributed by atoms with Crippen LogP contribution in [0.25, 0.3) is 22.3 Å². The summed E-state index contributed by atoms with van der Waals surface area (Å²) < 4.78 is 31.7. The molecule has 0 aliphatic carbocycles. The summed E-state index contributed by atoms with van der Waals surface area (Å²) in [4.78, 5) is 4.37. The molecular weight excluding hydrogens is 464 g/mol. The van der Waals surface area contributed by atoms with E-state index in [9.17, 15) is 13.7 Å². The second-order valence-electron chi connectivity index (χ2n) is 6.90. The number of hydrogen-bond acceptors (Lipinski definition) is 5. The molecule has 30 heavy (non-hydrogen) atoms. The number of halogens is 1. The Balaban J connectivity index is 2.34. The van der Waals surface area contributed by atoms with Gasteiger partial charge in [0.15, 0.2) is 9.84 Å². The molecule has 3 aromatic rings. The molecule has 0 N–H and O–H groups in total. The molecule has 1 aromatic heterocycles. The number of aromatic nitrogens is 1. The largest absolute Gasteiger partial charge is 0.493 e. The van der Waals surface area contributed by atoms with E-state index in [-0.39, 0.29) is 4.90 Å². The van der Waals surface area contributed by atoms with E-state index < -0.39 is 9.84 Å². The molecule has 0 atom stereocenters. The van der Waals surface area contributed by atoms with Crippen molar-refractivity contribution in [2.45, 2.75) is 24.7 Å². The number of ether oxygens (including phenoxy) is 1. The molecule has 0 saturated carbocycles. The lowest BCUT2D eigenvalue weighted by molar-refractivity contribution is 0.310. The highest BCUT2D eigenvalue weighted by atomic mass is 79.9. The number of unbranched alkanes of at least 4 members (excludes halogenated alkanes) is 1. The van der Waals surface area contributed by atoms with Crippen LogP contribution >= 0.6 is 15.9 Å². The summed E-state index contributed by atoms with van der Waals surface area (Å²) in [6, 6.07) is 14.7. The normalized spacial score (nSPS) is 11.1. The van der Waals surface area contributed by atoms with Crippen molar-refractivity contribution < 1.29 is 13.2 Å². The minimum atomic E-state index is -3.46. The third kappa shape index (κ3) is 5.07. The quantitative estimate of drug-likeness (QED) is 0.405. The Morgan fingerprint density at radius 2 is 1.83 bits per heavy atom. The van der Waals surface area contributed by atoms with Crippen LogP contribution in [-0.2, 0) is 9.84 Å². The first kappa shape index (κ1) is 22.0. The maximum atomic E-state index is 12.4. The summed E-state index contributed by atoms with van der Waals surface area (Å²) in [5.74, 6) is 0.459. The summed E-state index contributed by atoms with van der Waals surface area (Å²) >= 11 is 3.44. The Morgan fingerprint density at radius 3 is 2.47 bits per heavy atom. The van der Waals surface area contributed by atoms with Crippen LogP contribution in [0.4, 0.5) is 0 Å². The van der Waals surface area contributed by atoms with Crippen molar-refractivity contribution in [3.63, 3.8) is 0 Å². The first-order valence-electron chi connectivity index (χ1n) is 9.46. The van der Waals surface area contributed by atoms with Gasteiger partial charge < -0.3 is 4.74 Å². The summed E-state index contributed by atoms with van der Waals surface area (Å²) in [6.07, 6.45) is 6.12. The number of nitrogens with zero attached hydrogens (tertiary/aromatic N) is 2. The average molecular weight is 485 g/mol. The van der Waals surface area contributed by atoms with Crippen molar-refractivity contribution in [3.05, 3.63) is 64.9 Å². The molecule has 0 unspecified atom stereocenters. The second kappa shape index (κ2) is 9.41. The van der Waals surface area contributed by atoms with Crippen LogP contribution < -0.4 is 4.74 Å². The van der Waals surface area contributed by atoms with Crippen molar-refractivity contribution in [2.75, 3.05) is 12.9 Å². The highest BCUT2D eigenvalue weighted by Gasteiger charge is 2.20. The zero-order chi connectivity index (χ0) is 21.7. The first-order valence-corrected chi connectivity index (χ1v) is 12.1. The maximum absolute atomic E-state index is 12.4. The van der Waals surface area contributed by atoms with Crippen LogP contribution in [0.1, 0.15) is 25.3 Å². The molecule has 0 saturated heterocycles. The fourth-order valence-electron chi connectivity index (χ4n) is 3.04. The van der Waals surface area contributed by atoms with Gasteiger partial charge in [-0.1, -0.05) is 41.4 Å². The summed E-state index contributed by atoms with van der Waals surface area (Å²) in [6.45, 7) is 2.52. The Labute approximate surface area is 185 Å². The van der Waals surface area contributed by atoms with Gasteiger partial charge in [-0.25, -0.2) is 8.42 Å². The number of benzene rings is 2. The molecule has 154 valence electrons. The van der Waals surface area contributed by atoms with Crippen LogP contribution in [0.2, 0.25) is 0 Å². The van der Waals surface area contributed by atoms with Crippen LogP contribution in [-0.4, -0.2) is 26.3 Å². The third-order valence-corrected chi connectivity index (χ3v) is 6.19. The van der Waals surface area contributed by atoms with Gasteiger partial charge in [0.25, 0.3) is 0 Å². The van der Waals surface area contributed by atoms with Gasteiger partial charge in [0.2, 0.25) is 0 Å². The van der Waals surface area contributed by atoms with E-state index in [0.29, 0.717) is 34.6 Å². The maximum Gasteiger partial charge on any atom is 0.175 e. The zero-order valence-electron chi connectivity index (χ0n) is 16.7. The van der Waals surface area contributed by atoms with E-state index in [0.717, 1.165) is 22.9 Å². The number of rotatable bonds is 7.